The Balaban J connectivity index is 4.15. The SMILES string of the molecule is C=C(C(C)C)C(CCN)NC(C)C. The van der Waals surface area contributed by atoms with Crippen molar-refractivity contribution in [2.45, 2.75) is 46.2 Å². The molecule has 2 heteroatoms. The lowest BCUT2D eigenvalue weighted by Gasteiger charge is -2.25. The molecule has 0 bridgehead atoms. The van der Waals surface area contributed by atoms with Crippen LogP contribution in [0.5, 0.6) is 0 Å². The molecule has 13 heavy (non-hydrogen) atoms. The summed E-state index contributed by atoms with van der Waals surface area (Å²) in [5.41, 5.74) is 6.83. The maximum atomic E-state index is 5.56. The van der Waals surface area contributed by atoms with Gasteiger partial charge >= 0.3 is 0 Å². The third-order valence-corrected chi connectivity index (χ3v) is 2.18. The first kappa shape index (κ1) is 12.7. The van der Waals surface area contributed by atoms with Gasteiger partial charge in [-0.3, -0.25) is 0 Å². The molecule has 0 spiro atoms. The number of nitrogens with two attached hydrogens (primary N) is 1. The summed E-state index contributed by atoms with van der Waals surface area (Å²) < 4.78 is 0. The smallest absolute Gasteiger partial charge is 0.0293 e. The standard InChI is InChI=1S/C11H24N2/c1-8(2)10(5)11(6-7-12)13-9(3)4/h8-9,11,13H,5-7,12H2,1-4H3. The van der Waals surface area contributed by atoms with Crippen LogP contribution in [0.3, 0.4) is 0 Å². The van der Waals surface area contributed by atoms with Gasteiger partial charge in [0, 0.05) is 12.1 Å². The minimum absolute atomic E-state index is 0.380. The van der Waals surface area contributed by atoms with E-state index >= 15 is 0 Å². The summed E-state index contributed by atoms with van der Waals surface area (Å²) in [7, 11) is 0. The molecule has 0 saturated carbocycles. The lowest BCUT2D eigenvalue weighted by atomic mass is 9.94. The molecule has 0 aromatic carbocycles. The summed E-state index contributed by atoms with van der Waals surface area (Å²) in [5.74, 6) is 0.530. The Hall–Kier alpha value is -0.340. The zero-order chi connectivity index (χ0) is 10.4. The summed E-state index contributed by atoms with van der Waals surface area (Å²) in [6.07, 6.45) is 0.981. The monoisotopic (exact) mass is 184 g/mol. The van der Waals surface area contributed by atoms with Gasteiger partial charge in [0.2, 0.25) is 0 Å². The van der Waals surface area contributed by atoms with E-state index in [4.69, 9.17) is 5.73 Å². The second-order valence-corrected chi connectivity index (χ2v) is 4.18. The Morgan fingerprint density at radius 1 is 1.31 bits per heavy atom. The van der Waals surface area contributed by atoms with Crippen molar-refractivity contribution in [3.8, 4) is 0 Å². The van der Waals surface area contributed by atoms with Crippen molar-refractivity contribution in [3.63, 3.8) is 0 Å². The molecule has 0 rings (SSSR count). The van der Waals surface area contributed by atoms with E-state index in [2.05, 4.69) is 39.6 Å². The lowest BCUT2D eigenvalue weighted by molar-refractivity contribution is 0.460. The van der Waals surface area contributed by atoms with Gasteiger partial charge in [0.05, 0.1) is 0 Å². The Morgan fingerprint density at radius 2 is 1.85 bits per heavy atom. The molecule has 0 aliphatic rings. The van der Waals surface area contributed by atoms with E-state index in [1.165, 1.54) is 5.57 Å². The van der Waals surface area contributed by atoms with Gasteiger partial charge in [0.15, 0.2) is 0 Å². The minimum Gasteiger partial charge on any atom is -0.330 e. The molecule has 0 aliphatic carbocycles. The predicted octanol–water partition coefficient (Wildman–Crippen LogP) is 1.91. The number of hydrogen-bond donors (Lipinski definition) is 2. The van der Waals surface area contributed by atoms with E-state index in [9.17, 15) is 0 Å². The molecule has 2 nitrogen and oxygen atoms in total. The van der Waals surface area contributed by atoms with Crippen molar-refractivity contribution in [2.75, 3.05) is 6.54 Å². The fourth-order valence-electron chi connectivity index (χ4n) is 1.35. The van der Waals surface area contributed by atoms with E-state index in [1.54, 1.807) is 0 Å². The quantitative estimate of drug-likeness (QED) is 0.619. The van der Waals surface area contributed by atoms with Crippen LogP contribution in [-0.4, -0.2) is 18.6 Å². The van der Waals surface area contributed by atoms with Gasteiger partial charge in [-0.15, -0.1) is 0 Å². The van der Waals surface area contributed by atoms with Gasteiger partial charge in [-0.1, -0.05) is 39.8 Å². The van der Waals surface area contributed by atoms with Crippen molar-refractivity contribution in [2.24, 2.45) is 11.7 Å². The zero-order valence-corrected chi connectivity index (χ0v) is 9.43. The van der Waals surface area contributed by atoms with Gasteiger partial charge in [-0.05, 0) is 18.9 Å². The average Bonchev–Trinajstić information content (AvgIpc) is 2.01. The summed E-state index contributed by atoms with van der Waals surface area (Å²) >= 11 is 0. The summed E-state index contributed by atoms with van der Waals surface area (Å²) in [5, 5.41) is 3.48. The molecule has 0 heterocycles. The normalized spacial score (nSPS) is 13.8. The fourth-order valence-corrected chi connectivity index (χ4v) is 1.35. The van der Waals surface area contributed by atoms with E-state index in [-0.39, 0.29) is 0 Å². The molecular weight excluding hydrogens is 160 g/mol. The van der Waals surface area contributed by atoms with E-state index in [0.717, 1.165) is 13.0 Å². The highest BCUT2D eigenvalue weighted by molar-refractivity contribution is 5.08. The maximum absolute atomic E-state index is 5.56. The van der Waals surface area contributed by atoms with Crippen molar-refractivity contribution < 1.29 is 0 Å². The summed E-state index contributed by atoms with van der Waals surface area (Å²) in [4.78, 5) is 0. The topological polar surface area (TPSA) is 38.0 Å². The summed E-state index contributed by atoms with van der Waals surface area (Å²) in [6, 6.07) is 0.872. The number of nitrogens with one attached hydrogen (secondary N) is 1. The van der Waals surface area contributed by atoms with E-state index in [0.29, 0.717) is 18.0 Å². The maximum Gasteiger partial charge on any atom is 0.0293 e. The van der Waals surface area contributed by atoms with Crippen molar-refractivity contribution >= 4 is 0 Å². The highest BCUT2D eigenvalue weighted by Gasteiger charge is 2.14. The van der Waals surface area contributed by atoms with Crippen LogP contribution < -0.4 is 11.1 Å². The highest BCUT2D eigenvalue weighted by atomic mass is 14.9. The third kappa shape index (κ3) is 5.06. The van der Waals surface area contributed by atoms with Crippen LogP contribution in [-0.2, 0) is 0 Å². The lowest BCUT2D eigenvalue weighted by Crippen LogP contribution is -2.38. The van der Waals surface area contributed by atoms with Crippen molar-refractivity contribution in [1.29, 1.82) is 0 Å². The molecule has 0 aromatic heterocycles. The number of rotatable bonds is 6. The van der Waals surface area contributed by atoms with E-state index in [1.807, 2.05) is 0 Å². The van der Waals surface area contributed by atoms with Crippen LogP contribution in [0.25, 0.3) is 0 Å². The molecule has 1 atom stereocenters. The van der Waals surface area contributed by atoms with Gasteiger partial charge in [-0.2, -0.15) is 0 Å². The second-order valence-electron chi connectivity index (χ2n) is 4.18. The molecule has 0 radical (unpaired) electrons. The molecule has 3 N–H and O–H groups in total. The van der Waals surface area contributed by atoms with Crippen LogP contribution in [0.15, 0.2) is 12.2 Å². The predicted molar refractivity (Wildman–Crippen MR) is 59.7 cm³/mol. The van der Waals surface area contributed by atoms with Gasteiger partial charge in [-0.25, -0.2) is 0 Å². The zero-order valence-electron chi connectivity index (χ0n) is 9.43. The van der Waals surface area contributed by atoms with Crippen LogP contribution in [0, 0.1) is 5.92 Å². The van der Waals surface area contributed by atoms with Crippen LogP contribution >= 0.6 is 0 Å². The van der Waals surface area contributed by atoms with Crippen LogP contribution in [0.4, 0.5) is 0 Å². The molecule has 0 amide bonds. The molecule has 0 fully saturated rings. The first-order valence-electron chi connectivity index (χ1n) is 5.13. The fraction of sp³-hybridized carbons (Fsp3) is 0.818. The van der Waals surface area contributed by atoms with Crippen molar-refractivity contribution in [3.05, 3.63) is 12.2 Å². The third-order valence-electron chi connectivity index (χ3n) is 2.18. The number of hydrogen-bond acceptors (Lipinski definition) is 2. The Kier molecular flexibility index (Phi) is 6.00. The molecule has 0 saturated heterocycles. The summed E-state index contributed by atoms with van der Waals surface area (Å²) in [6.45, 7) is 13.5. The van der Waals surface area contributed by atoms with Crippen molar-refractivity contribution in [1.82, 2.24) is 5.32 Å². The van der Waals surface area contributed by atoms with Gasteiger partial charge < -0.3 is 11.1 Å². The Bertz CT molecular complexity index is 150. The molecule has 1 unspecified atom stereocenters. The largest absolute Gasteiger partial charge is 0.330 e. The Labute approximate surface area is 82.6 Å². The van der Waals surface area contributed by atoms with E-state index < -0.39 is 0 Å². The molecular formula is C11H24N2. The minimum atomic E-state index is 0.380. The second kappa shape index (κ2) is 6.17. The molecule has 0 aliphatic heterocycles. The first-order chi connectivity index (χ1) is 5.99. The van der Waals surface area contributed by atoms with Crippen LogP contribution in [0.1, 0.15) is 34.1 Å². The Morgan fingerprint density at radius 3 is 2.15 bits per heavy atom. The van der Waals surface area contributed by atoms with Gasteiger partial charge in [0.25, 0.3) is 0 Å². The molecule has 0 aromatic rings. The highest BCUT2D eigenvalue weighted by Crippen LogP contribution is 2.14. The first-order valence-corrected chi connectivity index (χ1v) is 5.13. The van der Waals surface area contributed by atoms with Crippen LogP contribution in [0.2, 0.25) is 0 Å². The molecule has 78 valence electrons. The van der Waals surface area contributed by atoms with Gasteiger partial charge in [0.1, 0.15) is 0 Å². The average molecular weight is 184 g/mol.